The molecule has 0 saturated carbocycles. The molecule has 9 heteroatoms. The zero-order chi connectivity index (χ0) is 20.1. The summed E-state index contributed by atoms with van der Waals surface area (Å²) >= 11 is 8.91. The molecule has 2 aromatic carbocycles. The van der Waals surface area contributed by atoms with Gasteiger partial charge in [0.25, 0.3) is 5.91 Å². The number of carbonyl (C=O) groups excluding carboxylic acids is 1. The first-order chi connectivity index (χ1) is 14.0. The van der Waals surface area contributed by atoms with Gasteiger partial charge >= 0.3 is 0 Å². The number of fused-ring (bicyclic) bond motifs is 2. The molecular formula is C20H10ClF2N3OS2. The molecule has 0 unspecified atom stereocenters. The van der Waals surface area contributed by atoms with Crippen molar-refractivity contribution in [3.63, 3.8) is 0 Å². The van der Waals surface area contributed by atoms with Crippen molar-refractivity contribution < 1.29 is 13.6 Å². The van der Waals surface area contributed by atoms with Crippen molar-refractivity contribution in [2.45, 2.75) is 0 Å². The Kier molecular flexibility index (Phi) is 4.34. The number of hydrogen-bond donors (Lipinski definition) is 1. The lowest BCUT2D eigenvalue weighted by Gasteiger charge is -2.06. The Morgan fingerprint density at radius 2 is 1.86 bits per heavy atom. The fraction of sp³-hybridized carbons (Fsp3) is 0. The molecule has 5 rings (SSSR count). The van der Waals surface area contributed by atoms with E-state index >= 15 is 0 Å². The monoisotopic (exact) mass is 445 g/mol. The van der Waals surface area contributed by atoms with Crippen molar-refractivity contribution in [2.75, 3.05) is 5.32 Å². The number of thiophene rings is 1. The third-order valence-electron chi connectivity index (χ3n) is 4.41. The molecule has 0 saturated heterocycles. The van der Waals surface area contributed by atoms with E-state index in [1.165, 1.54) is 35.6 Å². The van der Waals surface area contributed by atoms with Crippen LogP contribution >= 0.6 is 34.3 Å². The van der Waals surface area contributed by atoms with E-state index in [0.717, 1.165) is 11.3 Å². The summed E-state index contributed by atoms with van der Waals surface area (Å²) in [6.45, 7) is 0. The highest BCUT2D eigenvalue weighted by Crippen LogP contribution is 2.37. The van der Waals surface area contributed by atoms with Gasteiger partial charge in [-0.05, 0) is 42.5 Å². The summed E-state index contributed by atoms with van der Waals surface area (Å²) < 4.78 is 29.2. The first-order valence-electron chi connectivity index (χ1n) is 8.41. The zero-order valence-electron chi connectivity index (χ0n) is 14.4. The van der Waals surface area contributed by atoms with Gasteiger partial charge in [0.2, 0.25) is 0 Å². The smallest absolute Gasteiger partial charge is 0.268 e. The minimum atomic E-state index is -0.423. The number of benzene rings is 2. The molecule has 0 aliphatic rings. The van der Waals surface area contributed by atoms with Gasteiger partial charge in [-0.1, -0.05) is 11.6 Å². The van der Waals surface area contributed by atoms with E-state index in [1.807, 2.05) is 5.38 Å². The number of amides is 1. The summed E-state index contributed by atoms with van der Waals surface area (Å²) in [5, 5.41) is 5.62. The van der Waals surface area contributed by atoms with Crippen LogP contribution in [0.2, 0.25) is 5.02 Å². The Morgan fingerprint density at radius 1 is 1.10 bits per heavy atom. The Bertz CT molecular complexity index is 1390. The molecule has 0 spiro atoms. The van der Waals surface area contributed by atoms with Crippen LogP contribution in [0, 0.1) is 11.6 Å². The molecule has 5 aromatic rings. The molecule has 1 amide bonds. The van der Waals surface area contributed by atoms with Crippen molar-refractivity contribution >= 4 is 61.0 Å². The molecule has 0 aliphatic carbocycles. The van der Waals surface area contributed by atoms with Gasteiger partial charge in [0, 0.05) is 27.2 Å². The molecule has 0 fully saturated rings. The molecular weight excluding hydrogens is 436 g/mol. The number of nitrogens with zero attached hydrogens (tertiary/aromatic N) is 2. The van der Waals surface area contributed by atoms with Crippen LogP contribution in [0.1, 0.15) is 9.67 Å². The zero-order valence-corrected chi connectivity index (χ0v) is 16.8. The number of rotatable bonds is 3. The summed E-state index contributed by atoms with van der Waals surface area (Å²) in [6, 6.07) is 10.1. The van der Waals surface area contributed by atoms with Crippen LogP contribution in [0.3, 0.4) is 0 Å². The van der Waals surface area contributed by atoms with E-state index in [1.54, 1.807) is 28.8 Å². The van der Waals surface area contributed by atoms with Gasteiger partial charge in [0.1, 0.15) is 28.0 Å². The number of hydrogen-bond acceptors (Lipinski definition) is 4. The van der Waals surface area contributed by atoms with Crippen LogP contribution in [-0.4, -0.2) is 15.3 Å². The number of halogens is 3. The standard InChI is InChI=1S/C20H10ClF2N3OS2/c21-15-13-6-5-12(23)9-14(13)29-17(15)19(27)25-18-16(10-1-3-11(22)4-2-10)24-20-26(18)7-8-28-20/h1-9H,(H,25,27). The summed E-state index contributed by atoms with van der Waals surface area (Å²) in [6.07, 6.45) is 1.79. The van der Waals surface area contributed by atoms with Crippen LogP contribution in [0.4, 0.5) is 14.6 Å². The van der Waals surface area contributed by atoms with Crippen molar-refractivity contribution in [3.8, 4) is 11.3 Å². The van der Waals surface area contributed by atoms with Crippen LogP contribution < -0.4 is 5.32 Å². The highest BCUT2D eigenvalue weighted by atomic mass is 35.5. The fourth-order valence-corrected chi connectivity index (χ4v) is 5.21. The van der Waals surface area contributed by atoms with Crippen molar-refractivity contribution in [1.29, 1.82) is 0 Å². The lowest BCUT2D eigenvalue weighted by atomic mass is 10.1. The lowest BCUT2D eigenvalue weighted by molar-refractivity contribution is 0.103. The van der Waals surface area contributed by atoms with Crippen molar-refractivity contribution in [3.05, 3.63) is 75.6 Å². The average Bonchev–Trinajstić information content (AvgIpc) is 3.37. The maximum absolute atomic E-state index is 13.5. The molecule has 29 heavy (non-hydrogen) atoms. The summed E-state index contributed by atoms with van der Waals surface area (Å²) in [7, 11) is 0. The second-order valence-electron chi connectivity index (χ2n) is 6.21. The van der Waals surface area contributed by atoms with Crippen LogP contribution in [0.5, 0.6) is 0 Å². The molecule has 0 aliphatic heterocycles. The Hall–Kier alpha value is -2.81. The minimum Gasteiger partial charge on any atom is -0.305 e. The summed E-state index contributed by atoms with van der Waals surface area (Å²) in [5.74, 6) is -0.716. The number of aromatic nitrogens is 2. The van der Waals surface area contributed by atoms with E-state index < -0.39 is 11.7 Å². The van der Waals surface area contributed by atoms with Crippen LogP contribution in [0.15, 0.2) is 54.0 Å². The summed E-state index contributed by atoms with van der Waals surface area (Å²) in [5.41, 5.74) is 1.19. The van der Waals surface area contributed by atoms with Gasteiger partial charge < -0.3 is 5.32 Å². The maximum Gasteiger partial charge on any atom is 0.268 e. The maximum atomic E-state index is 13.5. The SMILES string of the molecule is O=C(Nc1c(-c2ccc(F)cc2)nc2sccn12)c1sc2cc(F)ccc2c1Cl. The Balaban J connectivity index is 1.59. The van der Waals surface area contributed by atoms with Crippen molar-refractivity contribution in [1.82, 2.24) is 9.38 Å². The topological polar surface area (TPSA) is 46.4 Å². The highest BCUT2D eigenvalue weighted by Gasteiger charge is 2.22. The second-order valence-corrected chi connectivity index (χ2v) is 8.51. The molecule has 144 valence electrons. The van der Waals surface area contributed by atoms with Gasteiger partial charge in [-0.2, -0.15) is 0 Å². The third-order valence-corrected chi connectivity index (χ3v) is 6.82. The van der Waals surface area contributed by atoms with Crippen molar-refractivity contribution in [2.24, 2.45) is 0 Å². The number of anilines is 1. The minimum absolute atomic E-state index is 0.275. The number of imidazole rings is 1. The third kappa shape index (κ3) is 3.09. The van der Waals surface area contributed by atoms with Gasteiger partial charge in [-0.3, -0.25) is 9.20 Å². The highest BCUT2D eigenvalue weighted by molar-refractivity contribution is 7.21. The largest absolute Gasteiger partial charge is 0.305 e. The number of nitrogens with one attached hydrogen (secondary N) is 1. The average molecular weight is 446 g/mol. The first kappa shape index (κ1) is 18.2. The normalized spacial score (nSPS) is 11.4. The van der Waals surface area contributed by atoms with Gasteiger partial charge in [-0.15, -0.1) is 22.7 Å². The number of thiazole rings is 1. The van der Waals surface area contributed by atoms with E-state index in [-0.39, 0.29) is 15.7 Å². The lowest BCUT2D eigenvalue weighted by Crippen LogP contribution is -2.12. The van der Waals surface area contributed by atoms with E-state index in [2.05, 4.69) is 10.3 Å². The molecule has 1 N–H and O–H groups in total. The van der Waals surface area contributed by atoms with E-state index in [0.29, 0.717) is 32.1 Å². The molecule has 3 aromatic heterocycles. The molecule has 3 heterocycles. The quantitative estimate of drug-likeness (QED) is 0.346. The molecule has 4 nitrogen and oxygen atoms in total. The molecule has 0 radical (unpaired) electrons. The number of carbonyl (C=O) groups is 1. The molecule has 0 bridgehead atoms. The Morgan fingerprint density at radius 3 is 2.66 bits per heavy atom. The van der Waals surface area contributed by atoms with Gasteiger partial charge in [-0.25, -0.2) is 13.8 Å². The van der Waals surface area contributed by atoms with Crippen LogP contribution in [0.25, 0.3) is 26.3 Å². The van der Waals surface area contributed by atoms with E-state index in [4.69, 9.17) is 11.6 Å². The van der Waals surface area contributed by atoms with Crippen LogP contribution in [-0.2, 0) is 0 Å². The summed E-state index contributed by atoms with van der Waals surface area (Å²) in [4.78, 5) is 18.5. The fourth-order valence-electron chi connectivity index (χ4n) is 3.06. The Labute approximate surface area is 176 Å². The van der Waals surface area contributed by atoms with Gasteiger partial charge in [0.15, 0.2) is 4.96 Å². The predicted molar refractivity (Wildman–Crippen MR) is 113 cm³/mol. The second kappa shape index (κ2) is 6.91. The predicted octanol–water partition coefficient (Wildman–Crippen LogP) is 6.46. The van der Waals surface area contributed by atoms with Gasteiger partial charge in [0.05, 0.1) is 5.02 Å². The molecule has 0 atom stereocenters. The van der Waals surface area contributed by atoms with E-state index in [9.17, 15) is 13.6 Å². The first-order valence-corrected chi connectivity index (χ1v) is 10.5.